The molecule has 2 rings (SSSR count). The van der Waals surface area contributed by atoms with Crippen LogP contribution in [-0.4, -0.2) is 21.9 Å². The summed E-state index contributed by atoms with van der Waals surface area (Å²) >= 11 is 0. The minimum absolute atomic E-state index is 0.0470. The van der Waals surface area contributed by atoms with Crippen molar-refractivity contribution in [1.29, 1.82) is 0 Å². The molecule has 0 unspecified atom stereocenters. The first kappa shape index (κ1) is 16.5. The topological polar surface area (TPSA) is 93.0 Å². The second-order valence-electron chi connectivity index (χ2n) is 4.45. The zero-order chi connectivity index (χ0) is 17.0. The number of nitro groups is 1. The van der Waals surface area contributed by atoms with Gasteiger partial charge in [0, 0.05) is 31.3 Å². The number of benzene rings is 1. The number of hydrogen-bond acceptors (Lipinski definition) is 6. The van der Waals surface area contributed by atoms with Crippen LogP contribution in [0.25, 0.3) is 0 Å². The van der Waals surface area contributed by atoms with Crippen LogP contribution >= 0.6 is 0 Å². The maximum absolute atomic E-state index is 12.8. The Morgan fingerprint density at radius 3 is 2.57 bits per heavy atom. The molecular weight excluding hydrogens is 315 g/mol. The largest absolute Gasteiger partial charge is 0.433 e. The van der Waals surface area contributed by atoms with Gasteiger partial charge in [-0.15, -0.1) is 0 Å². The second kappa shape index (κ2) is 6.46. The zero-order valence-electron chi connectivity index (χ0n) is 11.9. The molecule has 0 saturated carbocycles. The Kier molecular flexibility index (Phi) is 4.63. The van der Waals surface area contributed by atoms with E-state index in [2.05, 4.69) is 20.6 Å². The van der Waals surface area contributed by atoms with Gasteiger partial charge in [-0.25, -0.2) is 4.98 Å². The molecule has 0 aliphatic carbocycles. The van der Waals surface area contributed by atoms with Crippen molar-refractivity contribution in [3.05, 3.63) is 51.7 Å². The first-order valence-corrected chi connectivity index (χ1v) is 6.41. The van der Waals surface area contributed by atoms with E-state index in [0.717, 1.165) is 6.07 Å². The van der Waals surface area contributed by atoms with E-state index in [0.29, 0.717) is 5.56 Å². The number of aromatic nitrogens is 2. The highest BCUT2D eigenvalue weighted by Gasteiger charge is 2.33. The maximum Gasteiger partial charge on any atom is 0.433 e. The van der Waals surface area contributed by atoms with Crippen molar-refractivity contribution in [3.8, 4) is 0 Å². The summed E-state index contributed by atoms with van der Waals surface area (Å²) in [6.45, 7) is -0.0470. The summed E-state index contributed by atoms with van der Waals surface area (Å²) in [4.78, 5) is 17.5. The zero-order valence-corrected chi connectivity index (χ0v) is 11.9. The van der Waals surface area contributed by atoms with Crippen molar-refractivity contribution >= 4 is 17.5 Å². The van der Waals surface area contributed by atoms with E-state index in [-0.39, 0.29) is 24.0 Å². The van der Waals surface area contributed by atoms with Crippen molar-refractivity contribution in [2.45, 2.75) is 12.7 Å². The SMILES string of the molecule is CNc1nc(NCc2ccccc2[N+](=O)[O-])cc(C(F)(F)F)n1. The minimum atomic E-state index is -4.62. The number of alkyl halides is 3. The van der Waals surface area contributed by atoms with Gasteiger partial charge in [-0.1, -0.05) is 18.2 Å². The van der Waals surface area contributed by atoms with Crippen molar-refractivity contribution in [2.24, 2.45) is 0 Å². The average Bonchev–Trinajstić information content (AvgIpc) is 2.52. The van der Waals surface area contributed by atoms with Gasteiger partial charge in [0.25, 0.3) is 5.69 Å². The van der Waals surface area contributed by atoms with Crippen LogP contribution in [0.15, 0.2) is 30.3 Å². The van der Waals surface area contributed by atoms with Gasteiger partial charge in [-0.2, -0.15) is 18.2 Å². The van der Waals surface area contributed by atoms with Crippen molar-refractivity contribution < 1.29 is 18.1 Å². The third-order valence-electron chi connectivity index (χ3n) is 2.89. The molecule has 0 atom stereocenters. The number of nitro benzene ring substituents is 1. The van der Waals surface area contributed by atoms with Gasteiger partial charge in [0.2, 0.25) is 5.95 Å². The molecule has 0 radical (unpaired) electrons. The Balaban J connectivity index is 2.26. The molecule has 23 heavy (non-hydrogen) atoms. The lowest BCUT2D eigenvalue weighted by molar-refractivity contribution is -0.385. The molecule has 7 nitrogen and oxygen atoms in total. The van der Waals surface area contributed by atoms with E-state index in [1.54, 1.807) is 6.07 Å². The Labute approximate surface area is 128 Å². The van der Waals surface area contributed by atoms with Crippen LogP contribution in [0, 0.1) is 10.1 Å². The van der Waals surface area contributed by atoms with Gasteiger partial charge in [-0.05, 0) is 0 Å². The quantitative estimate of drug-likeness (QED) is 0.647. The molecule has 122 valence electrons. The first-order chi connectivity index (χ1) is 10.8. The van der Waals surface area contributed by atoms with Crippen LogP contribution in [0.5, 0.6) is 0 Å². The fraction of sp³-hybridized carbons (Fsp3) is 0.231. The van der Waals surface area contributed by atoms with E-state index in [1.807, 2.05) is 0 Å². The van der Waals surface area contributed by atoms with Crippen LogP contribution < -0.4 is 10.6 Å². The monoisotopic (exact) mass is 327 g/mol. The highest BCUT2D eigenvalue weighted by molar-refractivity contribution is 5.46. The van der Waals surface area contributed by atoms with E-state index >= 15 is 0 Å². The van der Waals surface area contributed by atoms with Gasteiger partial charge in [0.15, 0.2) is 5.69 Å². The van der Waals surface area contributed by atoms with Gasteiger partial charge in [-0.3, -0.25) is 10.1 Å². The predicted octanol–water partition coefficient (Wildman–Crippen LogP) is 3.06. The third kappa shape index (κ3) is 4.05. The van der Waals surface area contributed by atoms with E-state index in [9.17, 15) is 23.3 Å². The van der Waals surface area contributed by atoms with Gasteiger partial charge < -0.3 is 10.6 Å². The molecule has 1 aromatic heterocycles. The molecule has 0 bridgehead atoms. The summed E-state index contributed by atoms with van der Waals surface area (Å²) in [5.41, 5.74) is -0.906. The molecule has 0 fully saturated rings. The molecular formula is C13H12F3N5O2. The summed E-state index contributed by atoms with van der Waals surface area (Å²) < 4.78 is 38.3. The number of halogens is 3. The van der Waals surface area contributed by atoms with Crippen molar-refractivity contribution in [3.63, 3.8) is 0 Å². The Morgan fingerprint density at radius 1 is 1.26 bits per heavy atom. The Bertz CT molecular complexity index is 721. The van der Waals surface area contributed by atoms with Crippen molar-refractivity contribution in [2.75, 3.05) is 17.7 Å². The molecule has 0 aliphatic rings. The molecule has 0 aliphatic heterocycles. The Hall–Kier alpha value is -2.91. The number of nitrogens with one attached hydrogen (secondary N) is 2. The summed E-state index contributed by atoms with van der Waals surface area (Å²) in [6.07, 6.45) is -4.62. The fourth-order valence-electron chi connectivity index (χ4n) is 1.82. The predicted molar refractivity (Wildman–Crippen MR) is 77.0 cm³/mol. The van der Waals surface area contributed by atoms with Crippen LogP contribution in [0.3, 0.4) is 0 Å². The number of nitrogens with zero attached hydrogens (tertiary/aromatic N) is 3. The number of rotatable bonds is 5. The van der Waals surface area contributed by atoms with E-state index in [1.165, 1.54) is 25.2 Å². The molecule has 1 heterocycles. The van der Waals surface area contributed by atoms with Gasteiger partial charge >= 0.3 is 6.18 Å². The van der Waals surface area contributed by atoms with Crippen LogP contribution in [0.2, 0.25) is 0 Å². The smallest absolute Gasteiger partial charge is 0.366 e. The van der Waals surface area contributed by atoms with Crippen LogP contribution in [0.1, 0.15) is 11.3 Å². The highest BCUT2D eigenvalue weighted by Crippen LogP contribution is 2.30. The summed E-state index contributed by atoms with van der Waals surface area (Å²) in [5, 5.41) is 16.0. The molecule has 0 saturated heterocycles. The normalized spacial score (nSPS) is 11.1. The molecule has 0 amide bonds. The Morgan fingerprint density at radius 2 is 1.96 bits per heavy atom. The lowest BCUT2D eigenvalue weighted by Gasteiger charge is -2.11. The number of hydrogen-bond donors (Lipinski definition) is 2. The number of anilines is 2. The highest BCUT2D eigenvalue weighted by atomic mass is 19.4. The van der Waals surface area contributed by atoms with Gasteiger partial charge in [0.1, 0.15) is 5.82 Å². The molecule has 2 N–H and O–H groups in total. The summed E-state index contributed by atoms with van der Waals surface area (Å²) in [6, 6.07) is 6.68. The third-order valence-corrected chi connectivity index (χ3v) is 2.89. The molecule has 10 heteroatoms. The van der Waals surface area contributed by atoms with Crippen LogP contribution in [-0.2, 0) is 12.7 Å². The molecule has 2 aromatic rings. The van der Waals surface area contributed by atoms with Crippen LogP contribution in [0.4, 0.5) is 30.6 Å². The summed E-state index contributed by atoms with van der Waals surface area (Å²) in [5.74, 6) is -0.292. The lowest BCUT2D eigenvalue weighted by atomic mass is 10.2. The maximum atomic E-state index is 12.8. The minimum Gasteiger partial charge on any atom is -0.366 e. The fourth-order valence-corrected chi connectivity index (χ4v) is 1.82. The number of para-hydroxylation sites is 1. The average molecular weight is 327 g/mol. The van der Waals surface area contributed by atoms with Crippen molar-refractivity contribution in [1.82, 2.24) is 9.97 Å². The first-order valence-electron chi connectivity index (χ1n) is 6.41. The van der Waals surface area contributed by atoms with E-state index in [4.69, 9.17) is 0 Å². The second-order valence-corrected chi connectivity index (χ2v) is 4.45. The molecule has 1 aromatic carbocycles. The summed E-state index contributed by atoms with van der Waals surface area (Å²) in [7, 11) is 1.39. The van der Waals surface area contributed by atoms with Gasteiger partial charge in [0.05, 0.1) is 4.92 Å². The lowest BCUT2D eigenvalue weighted by Crippen LogP contribution is -2.13. The van der Waals surface area contributed by atoms with E-state index < -0.39 is 16.8 Å². The standard InChI is InChI=1S/C13H12F3N5O2/c1-17-12-19-10(13(14,15)16)6-11(20-12)18-7-8-4-2-3-5-9(8)21(22)23/h2-6H,7H2,1H3,(H2,17,18,19,20). The molecule has 0 spiro atoms.